The third-order valence-electron chi connectivity index (χ3n) is 5.31. The predicted octanol–water partition coefficient (Wildman–Crippen LogP) is 2.37. The van der Waals surface area contributed by atoms with E-state index in [0.29, 0.717) is 27.4 Å². The van der Waals surface area contributed by atoms with Crippen LogP contribution in [0.1, 0.15) is 32.6 Å². The first-order chi connectivity index (χ1) is 17.2. The molecule has 4 rings (SSSR count). The van der Waals surface area contributed by atoms with Gasteiger partial charge >= 0.3 is 17.9 Å². The molecule has 0 bridgehead atoms. The SMILES string of the molecule is CC(=O)OC[C@@H]1O[C@@H](n2cnc3c(NCc4ccccc4)nc(I)nc32)[C@H](OC(C)=O)[C@@H]1OC(C)=O. The van der Waals surface area contributed by atoms with E-state index in [2.05, 4.69) is 20.3 Å². The van der Waals surface area contributed by atoms with Gasteiger partial charge in [0.1, 0.15) is 12.7 Å². The van der Waals surface area contributed by atoms with E-state index in [-0.39, 0.29) is 6.61 Å². The first kappa shape index (κ1) is 25.8. The Morgan fingerprint density at radius 3 is 2.39 bits per heavy atom. The fourth-order valence-electron chi connectivity index (χ4n) is 3.90. The number of hydrogen-bond acceptors (Lipinski definition) is 11. The Morgan fingerprint density at radius 1 is 1.03 bits per heavy atom. The molecule has 12 nitrogen and oxygen atoms in total. The van der Waals surface area contributed by atoms with E-state index in [1.54, 1.807) is 4.57 Å². The van der Waals surface area contributed by atoms with Gasteiger partial charge in [0, 0.05) is 49.9 Å². The number of ether oxygens (including phenoxy) is 4. The van der Waals surface area contributed by atoms with Gasteiger partial charge in [-0.05, 0) is 5.56 Å². The number of anilines is 1. The van der Waals surface area contributed by atoms with Crippen LogP contribution in [-0.2, 0) is 39.9 Å². The molecule has 0 radical (unpaired) electrons. The van der Waals surface area contributed by atoms with Crippen LogP contribution in [-0.4, -0.2) is 62.3 Å². The molecule has 1 aliphatic rings. The zero-order valence-corrected chi connectivity index (χ0v) is 21.9. The van der Waals surface area contributed by atoms with Crippen molar-refractivity contribution in [2.45, 2.75) is 51.9 Å². The molecular weight excluding hydrogens is 585 g/mol. The smallest absolute Gasteiger partial charge is 0.303 e. The van der Waals surface area contributed by atoms with Gasteiger partial charge in [0.25, 0.3) is 0 Å². The molecule has 1 aliphatic heterocycles. The number of rotatable bonds is 8. The fourth-order valence-corrected chi connectivity index (χ4v) is 4.37. The van der Waals surface area contributed by atoms with Crippen LogP contribution in [0.2, 0.25) is 0 Å². The summed E-state index contributed by atoms with van der Waals surface area (Å²) in [5.41, 5.74) is 1.95. The van der Waals surface area contributed by atoms with Crippen LogP contribution in [0.15, 0.2) is 36.7 Å². The third kappa shape index (κ3) is 5.90. The summed E-state index contributed by atoms with van der Waals surface area (Å²) in [4.78, 5) is 48.6. The molecule has 1 N–H and O–H groups in total. The summed E-state index contributed by atoms with van der Waals surface area (Å²) in [5, 5.41) is 3.28. The van der Waals surface area contributed by atoms with Crippen molar-refractivity contribution in [2.24, 2.45) is 0 Å². The Labute approximate surface area is 219 Å². The average molecular weight is 609 g/mol. The number of benzene rings is 1. The highest BCUT2D eigenvalue weighted by Crippen LogP contribution is 2.36. The van der Waals surface area contributed by atoms with Gasteiger partial charge in [-0.25, -0.2) is 15.0 Å². The van der Waals surface area contributed by atoms with Gasteiger partial charge in [0.2, 0.25) is 0 Å². The van der Waals surface area contributed by atoms with Crippen molar-refractivity contribution in [2.75, 3.05) is 11.9 Å². The maximum atomic E-state index is 11.9. The first-order valence-corrected chi connectivity index (χ1v) is 12.1. The normalized spacial score (nSPS) is 21.2. The number of carbonyl (C=O) groups excluding carboxylic acids is 3. The van der Waals surface area contributed by atoms with Crippen molar-refractivity contribution < 1.29 is 33.3 Å². The molecule has 36 heavy (non-hydrogen) atoms. The predicted molar refractivity (Wildman–Crippen MR) is 133 cm³/mol. The molecule has 0 unspecified atom stereocenters. The van der Waals surface area contributed by atoms with Crippen molar-refractivity contribution in [1.82, 2.24) is 19.5 Å². The number of halogens is 1. The lowest BCUT2D eigenvalue weighted by molar-refractivity contribution is -0.166. The minimum atomic E-state index is -1.04. The summed E-state index contributed by atoms with van der Waals surface area (Å²) in [6, 6.07) is 9.82. The van der Waals surface area contributed by atoms with Gasteiger partial charge in [-0.15, -0.1) is 0 Å². The molecule has 1 fully saturated rings. The summed E-state index contributed by atoms with van der Waals surface area (Å²) in [5.74, 6) is -1.22. The minimum absolute atomic E-state index is 0.204. The maximum Gasteiger partial charge on any atom is 0.303 e. The van der Waals surface area contributed by atoms with Crippen molar-refractivity contribution >= 4 is 57.5 Å². The van der Waals surface area contributed by atoms with Crippen LogP contribution in [0.4, 0.5) is 5.82 Å². The molecule has 3 heterocycles. The lowest BCUT2D eigenvalue weighted by atomic mass is 10.1. The van der Waals surface area contributed by atoms with Gasteiger partial charge in [-0.2, -0.15) is 0 Å². The molecule has 0 aliphatic carbocycles. The number of carbonyl (C=O) groups is 3. The summed E-state index contributed by atoms with van der Waals surface area (Å²) in [6.07, 6.45) is -2.43. The number of hydrogen-bond donors (Lipinski definition) is 1. The summed E-state index contributed by atoms with van der Waals surface area (Å²) in [6.45, 7) is 4.04. The van der Waals surface area contributed by atoms with Gasteiger partial charge in [0.15, 0.2) is 39.2 Å². The average Bonchev–Trinajstić information content (AvgIpc) is 3.37. The van der Waals surface area contributed by atoms with Crippen LogP contribution in [0.3, 0.4) is 0 Å². The Morgan fingerprint density at radius 2 is 1.72 bits per heavy atom. The molecular formula is C23H24IN5O7. The molecule has 4 atom stereocenters. The monoisotopic (exact) mass is 609 g/mol. The summed E-state index contributed by atoms with van der Waals surface area (Å²) in [7, 11) is 0. The highest BCUT2D eigenvalue weighted by atomic mass is 127. The highest BCUT2D eigenvalue weighted by molar-refractivity contribution is 14.1. The zero-order valence-electron chi connectivity index (χ0n) is 19.7. The number of nitrogens with zero attached hydrogens (tertiary/aromatic N) is 4. The molecule has 190 valence electrons. The second kappa shape index (κ2) is 11.2. The summed E-state index contributed by atoms with van der Waals surface area (Å²) < 4.78 is 24.2. The Bertz CT molecular complexity index is 1270. The van der Waals surface area contributed by atoms with Gasteiger partial charge in [0.05, 0.1) is 6.33 Å². The number of nitrogens with one attached hydrogen (secondary N) is 1. The third-order valence-corrected chi connectivity index (χ3v) is 5.79. The largest absolute Gasteiger partial charge is 0.463 e. The van der Waals surface area contributed by atoms with Crippen LogP contribution < -0.4 is 5.32 Å². The molecule has 3 aromatic rings. The molecule has 2 aromatic heterocycles. The van der Waals surface area contributed by atoms with E-state index in [0.717, 1.165) is 5.56 Å². The van der Waals surface area contributed by atoms with Gasteiger partial charge < -0.3 is 24.3 Å². The van der Waals surface area contributed by atoms with E-state index >= 15 is 0 Å². The number of imidazole rings is 1. The minimum Gasteiger partial charge on any atom is -0.463 e. The molecule has 1 aromatic carbocycles. The maximum absolute atomic E-state index is 11.9. The van der Waals surface area contributed by atoms with Crippen LogP contribution in [0.25, 0.3) is 11.2 Å². The van der Waals surface area contributed by atoms with Crippen LogP contribution >= 0.6 is 22.6 Å². The van der Waals surface area contributed by atoms with E-state index in [4.69, 9.17) is 18.9 Å². The van der Waals surface area contributed by atoms with Crippen LogP contribution in [0, 0.1) is 3.83 Å². The van der Waals surface area contributed by atoms with Gasteiger partial charge in [-0.1, -0.05) is 30.3 Å². The topological polar surface area (TPSA) is 144 Å². The Balaban J connectivity index is 1.70. The number of fused-ring (bicyclic) bond motifs is 1. The number of esters is 3. The molecule has 0 saturated carbocycles. The van der Waals surface area contributed by atoms with Crippen molar-refractivity contribution in [3.63, 3.8) is 0 Å². The zero-order chi connectivity index (χ0) is 25.8. The van der Waals surface area contributed by atoms with E-state index in [9.17, 15) is 14.4 Å². The second-order valence-electron chi connectivity index (χ2n) is 8.02. The van der Waals surface area contributed by atoms with E-state index in [1.165, 1.54) is 27.1 Å². The highest BCUT2D eigenvalue weighted by Gasteiger charge is 2.51. The Kier molecular flexibility index (Phi) is 7.98. The summed E-state index contributed by atoms with van der Waals surface area (Å²) >= 11 is 2.00. The molecule has 1 saturated heterocycles. The van der Waals surface area contributed by atoms with Crippen molar-refractivity contribution in [3.05, 3.63) is 46.1 Å². The lowest BCUT2D eigenvalue weighted by Crippen LogP contribution is -2.40. The second-order valence-corrected chi connectivity index (χ2v) is 8.99. The fraction of sp³-hybridized carbons (Fsp3) is 0.391. The molecule has 13 heteroatoms. The quantitative estimate of drug-likeness (QED) is 0.174. The standard InChI is InChI=1S/C23H24IN5O7/c1-12(30)33-10-16-18(34-13(2)31)19(35-14(3)32)22(36-16)29-11-26-17-20(27-23(24)28-21(17)29)25-9-15-7-5-4-6-8-15/h4-8,11,16,18-19,22H,9-10H2,1-3H3,(H,25,27,28)/t16-,18+,19+,22+/m0/s1. The Hall–Kier alpha value is -3.33. The van der Waals surface area contributed by atoms with Crippen molar-refractivity contribution in [1.29, 1.82) is 0 Å². The van der Waals surface area contributed by atoms with E-state index < -0.39 is 42.4 Å². The number of aromatic nitrogens is 4. The lowest BCUT2D eigenvalue weighted by Gasteiger charge is -2.23. The first-order valence-electron chi connectivity index (χ1n) is 11.0. The van der Waals surface area contributed by atoms with E-state index in [1.807, 2.05) is 52.9 Å². The molecule has 0 amide bonds. The molecule has 0 spiro atoms. The van der Waals surface area contributed by atoms with Gasteiger partial charge in [-0.3, -0.25) is 19.0 Å². The van der Waals surface area contributed by atoms with Crippen LogP contribution in [0.5, 0.6) is 0 Å². The van der Waals surface area contributed by atoms with Crippen molar-refractivity contribution in [3.8, 4) is 0 Å².